The number of benzene rings is 1. The molecule has 0 bridgehead atoms. The minimum atomic E-state index is 0.309. The lowest BCUT2D eigenvalue weighted by Crippen LogP contribution is -2.28. The second kappa shape index (κ2) is 5.65. The molecule has 0 aromatic heterocycles. The molecule has 0 saturated carbocycles. The third kappa shape index (κ3) is 3.08. The van der Waals surface area contributed by atoms with Crippen molar-refractivity contribution in [2.75, 3.05) is 0 Å². The third-order valence-electron chi connectivity index (χ3n) is 3.76. The Balaban J connectivity index is 2.08. The zero-order valence-corrected chi connectivity index (χ0v) is 11.0. The highest BCUT2D eigenvalue weighted by Gasteiger charge is 2.15. The first-order chi connectivity index (χ1) is 8.20. The van der Waals surface area contributed by atoms with Crippen molar-refractivity contribution in [1.29, 1.82) is 0 Å². The summed E-state index contributed by atoms with van der Waals surface area (Å²) >= 11 is 0. The average molecular weight is 232 g/mol. The fraction of sp³-hybridized carbons (Fsp3) is 0.600. The lowest BCUT2D eigenvalue weighted by atomic mass is 9.96. The molecular formula is C15H24N2. The SMILES string of the molecule is CC(C)CCC(NN)c1ccc2c(c1)CCC2. The second-order valence-corrected chi connectivity index (χ2v) is 5.57. The van der Waals surface area contributed by atoms with Gasteiger partial charge in [-0.25, -0.2) is 0 Å². The van der Waals surface area contributed by atoms with Gasteiger partial charge >= 0.3 is 0 Å². The van der Waals surface area contributed by atoms with Crippen LogP contribution in [-0.2, 0) is 12.8 Å². The molecule has 2 rings (SSSR count). The van der Waals surface area contributed by atoms with Crippen LogP contribution in [0, 0.1) is 5.92 Å². The molecule has 0 radical (unpaired) electrons. The van der Waals surface area contributed by atoms with Crippen molar-refractivity contribution in [3.8, 4) is 0 Å². The van der Waals surface area contributed by atoms with Crippen LogP contribution in [0.1, 0.15) is 55.8 Å². The van der Waals surface area contributed by atoms with Crippen LogP contribution in [0.25, 0.3) is 0 Å². The standard InChI is InChI=1S/C15H24N2/c1-11(2)6-9-15(17-16)14-8-7-12-4-3-5-13(12)10-14/h7-8,10-11,15,17H,3-6,9,16H2,1-2H3. The molecule has 2 heteroatoms. The Hall–Kier alpha value is -0.860. The molecule has 94 valence electrons. The zero-order valence-electron chi connectivity index (χ0n) is 11.0. The van der Waals surface area contributed by atoms with Gasteiger partial charge in [0.1, 0.15) is 0 Å². The van der Waals surface area contributed by atoms with E-state index >= 15 is 0 Å². The Kier molecular flexibility index (Phi) is 4.19. The second-order valence-electron chi connectivity index (χ2n) is 5.57. The summed E-state index contributed by atoms with van der Waals surface area (Å²) in [5.41, 5.74) is 7.39. The van der Waals surface area contributed by atoms with Gasteiger partial charge in [0, 0.05) is 6.04 Å². The Morgan fingerprint density at radius 1 is 1.18 bits per heavy atom. The maximum absolute atomic E-state index is 5.69. The summed E-state index contributed by atoms with van der Waals surface area (Å²) in [6.07, 6.45) is 6.14. The van der Waals surface area contributed by atoms with Crippen LogP contribution >= 0.6 is 0 Å². The molecule has 0 spiro atoms. The number of aryl methyl sites for hydroxylation is 2. The van der Waals surface area contributed by atoms with Gasteiger partial charge in [0.05, 0.1) is 0 Å². The smallest absolute Gasteiger partial charge is 0.0460 e. The van der Waals surface area contributed by atoms with E-state index in [0.717, 1.165) is 12.3 Å². The summed E-state index contributed by atoms with van der Waals surface area (Å²) in [4.78, 5) is 0. The van der Waals surface area contributed by atoms with Gasteiger partial charge < -0.3 is 0 Å². The van der Waals surface area contributed by atoms with Crippen molar-refractivity contribution in [1.82, 2.24) is 5.43 Å². The van der Waals surface area contributed by atoms with Gasteiger partial charge in [-0.15, -0.1) is 0 Å². The summed E-state index contributed by atoms with van der Waals surface area (Å²) in [6, 6.07) is 7.20. The number of nitrogens with two attached hydrogens (primary N) is 1. The molecule has 0 saturated heterocycles. The summed E-state index contributed by atoms with van der Waals surface area (Å²) in [5, 5.41) is 0. The van der Waals surface area contributed by atoms with Crippen molar-refractivity contribution in [3.63, 3.8) is 0 Å². The molecule has 1 aliphatic carbocycles. The maximum atomic E-state index is 5.69. The summed E-state index contributed by atoms with van der Waals surface area (Å²) in [5.74, 6) is 6.42. The third-order valence-corrected chi connectivity index (χ3v) is 3.76. The summed E-state index contributed by atoms with van der Waals surface area (Å²) in [7, 11) is 0. The van der Waals surface area contributed by atoms with E-state index in [-0.39, 0.29) is 0 Å². The number of hydrogen-bond acceptors (Lipinski definition) is 2. The van der Waals surface area contributed by atoms with Crippen LogP contribution in [-0.4, -0.2) is 0 Å². The van der Waals surface area contributed by atoms with E-state index in [1.54, 1.807) is 0 Å². The van der Waals surface area contributed by atoms with Crippen molar-refractivity contribution >= 4 is 0 Å². The minimum Gasteiger partial charge on any atom is -0.271 e. The molecule has 1 unspecified atom stereocenters. The Bertz CT molecular complexity index is 371. The molecule has 3 N–H and O–H groups in total. The van der Waals surface area contributed by atoms with Crippen molar-refractivity contribution in [2.45, 2.75) is 52.0 Å². The van der Waals surface area contributed by atoms with Gasteiger partial charge in [-0.05, 0) is 54.7 Å². The molecule has 17 heavy (non-hydrogen) atoms. The Labute approximate surface area is 105 Å². The van der Waals surface area contributed by atoms with Crippen molar-refractivity contribution in [2.24, 2.45) is 11.8 Å². The maximum Gasteiger partial charge on any atom is 0.0460 e. The number of rotatable bonds is 5. The monoisotopic (exact) mass is 232 g/mol. The van der Waals surface area contributed by atoms with Crippen LogP contribution in [0.15, 0.2) is 18.2 Å². The van der Waals surface area contributed by atoms with Crippen LogP contribution < -0.4 is 11.3 Å². The van der Waals surface area contributed by atoms with E-state index in [1.165, 1.54) is 42.4 Å². The fourth-order valence-corrected chi connectivity index (χ4v) is 2.65. The molecule has 0 fully saturated rings. The van der Waals surface area contributed by atoms with E-state index in [1.807, 2.05) is 0 Å². The molecule has 2 nitrogen and oxygen atoms in total. The normalized spacial score (nSPS) is 16.2. The van der Waals surface area contributed by atoms with E-state index in [4.69, 9.17) is 5.84 Å². The van der Waals surface area contributed by atoms with E-state index < -0.39 is 0 Å². The van der Waals surface area contributed by atoms with Gasteiger partial charge in [0.2, 0.25) is 0 Å². The van der Waals surface area contributed by atoms with Gasteiger partial charge in [0.25, 0.3) is 0 Å². The van der Waals surface area contributed by atoms with E-state index in [2.05, 4.69) is 37.5 Å². The lowest BCUT2D eigenvalue weighted by molar-refractivity contribution is 0.448. The molecule has 1 atom stereocenters. The van der Waals surface area contributed by atoms with Crippen LogP contribution in [0.3, 0.4) is 0 Å². The van der Waals surface area contributed by atoms with Gasteiger partial charge in [-0.1, -0.05) is 32.0 Å². The highest BCUT2D eigenvalue weighted by Crippen LogP contribution is 2.27. The van der Waals surface area contributed by atoms with Crippen LogP contribution in [0.2, 0.25) is 0 Å². The first kappa shape index (κ1) is 12.6. The highest BCUT2D eigenvalue weighted by molar-refractivity contribution is 5.36. The first-order valence-electron chi connectivity index (χ1n) is 6.78. The quantitative estimate of drug-likeness (QED) is 0.604. The molecular weight excluding hydrogens is 208 g/mol. The van der Waals surface area contributed by atoms with Crippen LogP contribution in [0.4, 0.5) is 0 Å². The number of hydrazine groups is 1. The number of nitrogens with one attached hydrogen (secondary N) is 1. The molecule has 0 aliphatic heterocycles. The Morgan fingerprint density at radius 3 is 2.65 bits per heavy atom. The first-order valence-corrected chi connectivity index (χ1v) is 6.78. The number of fused-ring (bicyclic) bond motifs is 1. The molecule has 1 aromatic rings. The lowest BCUT2D eigenvalue weighted by Gasteiger charge is -2.18. The summed E-state index contributed by atoms with van der Waals surface area (Å²) < 4.78 is 0. The summed E-state index contributed by atoms with van der Waals surface area (Å²) in [6.45, 7) is 4.52. The van der Waals surface area contributed by atoms with E-state index in [9.17, 15) is 0 Å². The molecule has 0 amide bonds. The largest absolute Gasteiger partial charge is 0.271 e. The minimum absolute atomic E-state index is 0.309. The number of hydrogen-bond donors (Lipinski definition) is 2. The molecule has 0 heterocycles. The van der Waals surface area contributed by atoms with Crippen LogP contribution in [0.5, 0.6) is 0 Å². The predicted octanol–water partition coefficient (Wildman–Crippen LogP) is 3.12. The zero-order chi connectivity index (χ0) is 12.3. The molecule has 1 aromatic carbocycles. The van der Waals surface area contributed by atoms with Gasteiger partial charge in [-0.2, -0.15) is 0 Å². The Morgan fingerprint density at radius 2 is 1.94 bits per heavy atom. The predicted molar refractivity (Wildman–Crippen MR) is 72.6 cm³/mol. The molecule has 1 aliphatic rings. The van der Waals surface area contributed by atoms with Crippen molar-refractivity contribution in [3.05, 3.63) is 34.9 Å². The highest BCUT2D eigenvalue weighted by atomic mass is 15.2. The van der Waals surface area contributed by atoms with E-state index in [0.29, 0.717) is 6.04 Å². The van der Waals surface area contributed by atoms with Gasteiger partial charge in [-0.3, -0.25) is 11.3 Å². The van der Waals surface area contributed by atoms with Gasteiger partial charge in [0.15, 0.2) is 0 Å². The topological polar surface area (TPSA) is 38.0 Å². The van der Waals surface area contributed by atoms with Crippen molar-refractivity contribution < 1.29 is 0 Å². The fourth-order valence-electron chi connectivity index (χ4n) is 2.65. The average Bonchev–Trinajstić information content (AvgIpc) is 2.76.